The van der Waals surface area contributed by atoms with Crippen LogP contribution in [0.3, 0.4) is 0 Å². The van der Waals surface area contributed by atoms with Gasteiger partial charge in [0, 0.05) is 32.7 Å². The third kappa shape index (κ3) is 3.72. The summed E-state index contributed by atoms with van der Waals surface area (Å²) in [5.41, 5.74) is 0. The molecule has 0 radical (unpaired) electrons. The lowest BCUT2D eigenvalue weighted by Crippen LogP contribution is -2.49. The second kappa shape index (κ2) is 4.78. The van der Waals surface area contributed by atoms with Crippen LogP contribution < -0.4 is 5.14 Å². The summed E-state index contributed by atoms with van der Waals surface area (Å²) in [5, 5.41) is 5.26. The van der Waals surface area contributed by atoms with Gasteiger partial charge in [-0.15, -0.1) is 0 Å². The first kappa shape index (κ1) is 12.2. The first-order chi connectivity index (χ1) is 6.39. The summed E-state index contributed by atoms with van der Waals surface area (Å²) in [7, 11) is -2.97. The van der Waals surface area contributed by atoms with Crippen LogP contribution in [0.2, 0.25) is 0 Å². The molecule has 1 fully saturated rings. The van der Waals surface area contributed by atoms with E-state index in [4.69, 9.17) is 5.14 Å². The number of hydrogen-bond donors (Lipinski definition) is 3. The van der Waals surface area contributed by atoms with Crippen LogP contribution in [-0.4, -0.2) is 51.0 Å². The lowest BCUT2D eigenvalue weighted by atomic mass is 10.2. The Bertz CT molecular complexity index is 176. The zero-order chi connectivity index (χ0) is 10.8. The van der Waals surface area contributed by atoms with E-state index in [-0.39, 0.29) is 0 Å². The molecular weight excluding hydrogens is 202 g/mol. The fraction of sp³-hybridized carbons (Fsp3) is 1.00. The molecule has 5 nitrogen and oxygen atoms in total. The molecular formula is C8H21N3O2S. The van der Waals surface area contributed by atoms with Crippen LogP contribution in [0.15, 0.2) is 0 Å². The molecule has 4 N–H and O–H groups in total. The Kier molecular flexibility index (Phi) is 4.17. The number of nitrogens with two attached hydrogens (primary N) is 1. The van der Waals surface area contributed by atoms with Crippen molar-refractivity contribution in [3.8, 4) is 0 Å². The number of rotatable bonds is 3. The molecule has 0 spiro atoms. The van der Waals surface area contributed by atoms with Crippen LogP contribution in [0.4, 0.5) is 0 Å². The van der Waals surface area contributed by atoms with Crippen molar-refractivity contribution in [2.24, 2.45) is 11.1 Å². The van der Waals surface area contributed by atoms with Gasteiger partial charge in [-0.3, -0.25) is 9.11 Å². The molecule has 0 aromatic heterocycles. The van der Waals surface area contributed by atoms with Gasteiger partial charge in [0.2, 0.25) is 0 Å². The van der Waals surface area contributed by atoms with E-state index in [0.717, 1.165) is 19.6 Å². The maximum Gasteiger partial charge on any atom is 0.0319 e. The molecule has 0 aromatic rings. The normalized spacial score (nSPS) is 23.0. The SMILES string of the molecule is CC(C)CN1CCN(S(N)(O)O)CC1. The highest BCUT2D eigenvalue weighted by molar-refractivity contribution is 8.20. The van der Waals surface area contributed by atoms with Crippen molar-refractivity contribution in [3.63, 3.8) is 0 Å². The quantitative estimate of drug-likeness (QED) is 0.660. The molecule has 0 aromatic carbocycles. The smallest absolute Gasteiger partial charge is 0.0319 e. The molecule has 14 heavy (non-hydrogen) atoms. The van der Waals surface area contributed by atoms with Gasteiger partial charge >= 0.3 is 0 Å². The second-order valence-corrected chi connectivity index (χ2v) is 5.82. The van der Waals surface area contributed by atoms with E-state index in [1.807, 2.05) is 0 Å². The first-order valence-electron chi connectivity index (χ1n) is 4.93. The third-order valence-electron chi connectivity index (χ3n) is 2.33. The lowest BCUT2D eigenvalue weighted by molar-refractivity contribution is 0.164. The van der Waals surface area contributed by atoms with Crippen LogP contribution in [0, 0.1) is 5.92 Å². The van der Waals surface area contributed by atoms with Crippen molar-refractivity contribution in [1.82, 2.24) is 9.21 Å². The highest BCUT2D eigenvalue weighted by Gasteiger charge is 2.24. The van der Waals surface area contributed by atoms with Crippen molar-refractivity contribution >= 4 is 11.0 Å². The van der Waals surface area contributed by atoms with E-state index in [1.165, 1.54) is 0 Å². The fourth-order valence-corrected chi connectivity index (χ4v) is 2.40. The van der Waals surface area contributed by atoms with E-state index in [9.17, 15) is 9.11 Å². The zero-order valence-electron chi connectivity index (χ0n) is 8.89. The molecule has 0 atom stereocenters. The molecule has 1 rings (SSSR count). The Morgan fingerprint density at radius 3 is 2.07 bits per heavy atom. The van der Waals surface area contributed by atoms with Crippen molar-refractivity contribution in [2.45, 2.75) is 13.8 Å². The molecule has 1 aliphatic heterocycles. The number of piperazine rings is 1. The maximum atomic E-state index is 9.23. The van der Waals surface area contributed by atoms with Gasteiger partial charge in [-0.25, -0.2) is 5.14 Å². The maximum absolute atomic E-state index is 9.23. The molecule has 0 unspecified atom stereocenters. The van der Waals surface area contributed by atoms with E-state index in [0.29, 0.717) is 19.0 Å². The van der Waals surface area contributed by atoms with E-state index in [1.54, 1.807) is 4.31 Å². The summed E-state index contributed by atoms with van der Waals surface area (Å²) in [6, 6.07) is 0. The summed E-state index contributed by atoms with van der Waals surface area (Å²) < 4.78 is 20.0. The Labute approximate surface area is 87.5 Å². The summed E-state index contributed by atoms with van der Waals surface area (Å²) in [4.78, 5) is 2.33. The van der Waals surface area contributed by atoms with Crippen molar-refractivity contribution < 1.29 is 9.11 Å². The van der Waals surface area contributed by atoms with Crippen molar-refractivity contribution in [2.75, 3.05) is 32.7 Å². The molecule has 0 saturated carbocycles. The summed E-state index contributed by atoms with van der Waals surface area (Å²) in [5.74, 6) is 0.653. The molecule has 0 amide bonds. The Morgan fingerprint density at radius 2 is 1.71 bits per heavy atom. The predicted octanol–water partition coefficient (Wildman–Crippen LogP) is 0.799. The zero-order valence-corrected chi connectivity index (χ0v) is 9.70. The minimum atomic E-state index is -2.97. The molecule has 0 aliphatic carbocycles. The lowest BCUT2D eigenvalue weighted by Gasteiger charge is -2.44. The van der Waals surface area contributed by atoms with Crippen LogP contribution in [0.5, 0.6) is 0 Å². The van der Waals surface area contributed by atoms with Gasteiger partial charge < -0.3 is 4.90 Å². The monoisotopic (exact) mass is 223 g/mol. The van der Waals surface area contributed by atoms with Gasteiger partial charge in [0.1, 0.15) is 0 Å². The molecule has 1 aliphatic rings. The fourth-order valence-electron chi connectivity index (χ4n) is 1.70. The summed E-state index contributed by atoms with van der Waals surface area (Å²) in [6.07, 6.45) is 0. The molecule has 6 heteroatoms. The van der Waals surface area contributed by atoms with Gasteiger partial charge in [-0.2, -0.15) is 4.31 Å². The number of hydrogen-bond acceptors (Lipinski definition) is 5. The summed E-state index contributed by atoms with van der Waals surface area (Å²) in [6.45, 7) is 8.46. The van der Waals surface area contributed by atoms with Gasteiger partial charge in [-0.05, 0) is 5.92 Å². The molecule has 1 heterocycles. The van der Waals surface area contributed by atoms with Crippen LogP contribution >= 0.6 is 11.0 Å². The van der Waals surface area contributed by atoms with Gasteiger partial charge in [0.05, 0.1) is 0 Å². The van der Waals surface area contributed by atoms with Crippen molar-refractivity contribution in [3.05, 3.63) is 0 Å². The minimum absolute atomic E-state index is 0.644. The Balaban J connectivity index is 2.31. The van der Waals surface area contributed by atoms with E-state index < -0.39 is 11.0 Å². The average Bonchev–Trinajstić information content (AvgIpc) is 2.02. The highest BCUT2D eigenvalue weighted by Crippen LogP contribution is 2.34. The van der Waals surface area contributed by atoms with Gasteiger partial charge in [0.15, 0.2) is 0 Å². The Hall–Kier alpha value is 0.150. The average molecular weight is 223 g/mol. The standard InChI is InChI=1S/C8H21N3O2S/c1-8(2)7-10-3-5-11(6-4-10)14(9,12)13/h8,12-13H,3-7,9H2,1-2H3. The second-order valence-electron chi connectivity index (χ2n) is 4.18. The molecule has 0 bridgehead atoms. The highest BCUT2D eigenvalue weighted by atomic mass is 32.3. The largest absolute Gasteiger partial charge is 0.300 e. The van der Waals surface area contributed by atoms with Crippen LogP contribution in [-0.2, 0) is 0 Å². The minimum Gasteiger partial charge on any atom is -0.300 e. The van der Waals surface area contributed by atoms with Crippen molar-refractivity contribution in [1.29, 1.82) is 0 Å². The summed E-state index contributed by atoms with van der Waals surface area (Å²) >= 11 is 0. The first-order valence-corrected chi connectivity index (χ1v) is 6.49. The molecule has 1 saturated heterocycles. The number of nitrogens with zero attached hydrogens (tertiary/aromatic N) is 2. The van der Waals surface area contributed by atoms with Gasteiger partial charge in [-0.1, -0.05) is 24.8 Å². The molecule has 86 valence electrons. The van der Waals surface area contributed by atoms with Gasteiger partial charge in [0.25, 0.3) is 0 Å². The predicted molar refractivity (Wildman–Crippen MR) is 59.9 cm³/mol. The topological polar surface area (TPSA) is 73.0 Å². The van der Waals surface area contributed by atoms with E-state index in [2.05, 4.69) is 18.7 Å². The van der Waals surface area contributed by atoms with E-state index >= 15 is 0 Å². The van der Waals surface area contributed by atoms with Crippen LogP contribution in [0.25, 0.3) is 0 Å². The Morgan fingerprint density at radius 1 is 1.21 bits per heavy atom. The third-order valence-corrected chi connectivity index (χ3v) is 3.46. The van der Waals surface area contributed by atoms with Crippen LogP contribution in [0.1, 0.15) is 13.8 Å².